The number of aliphatic hydroxyl groups is 2. The quantitative estimate of drug-likeness (QED) is 0.406. The van der Waals surface area contributed by atoms with E-state index in [2.05, 4.69) is 18.4 Å². The van der Waals surface area contributed by atoms with Gasteiger partial charge >= 0.3 is 5.97 Å². The van der Waals surface area contributed by atoms with E-state index in [1.54, 1.807) is 39.0 Å². The monoisotopic (exact) mass is 467 g/mol. The number of hydrogen-bond acceptors (Lipinski definition) is 4. The number of aromatic nitrogens is 1. The molecule has 6 heteroatoms. The van der Waals surface area contributed by atoms with Gasteiger partial charge in [-0.15, -0.1) is 0 Å². The molecule has 0 aliphatic rings. The first-order valence-electron chi connectivity index (χ1n) is 11.6. The molecule has 2 atom stereocenters. The van der Waals surface area contributed by atoms with Gasteiger partial charge in [0.15, 0.2) is 0 Å². The zero-order valence-electron chi connectivity index (χ0n) is 20.5. The second kappa shape index (κ2) is 10.5. The highest BCUT2D eigenvalue weighted by molar-refractivity contribution is 6.01. The van der Waals surface area contributed by atoms with Crippen molar-refractivity contribution in [2.45, 2.75) is 71.3 Å². The maximum atomic E-state index is 13.6. The van der Waals surface area contributed by atoms with Crippen LogP contribution in [0, 0.1) is 5.82 Å². The maximum Gasteiger partial charge on any atom is 0.308 e. The molecule has 0 radical (unpaired) electrons. The predicted octanol–water partition coefficient (Wildman–Crippen LogP) is 5.89. The third-order valence-electron chi connectivity index (χ3n) is 5.41. The van der Waals surface area contributed by atoms with Crippen molar-refractivity contribution in [3.63, 3.8) is 0 Å². The Balaban J connectivity index is 1.91. The molecular formula is C28H34FNO4. The van der Waals surface area contributed by atoms with Gasteiger partial charge in [-0.25, -0.2) is 4.39 Å². The molecule has 0 saturated carbocycles. The van der Waals surface area contributed by atoms with E-state index in [0.717, 1.165) is 27.7 Å². The number of esters is 1. The highest BCUT2D eigenvalue weighted by Crippen LogP contribution is 2.38. The minimum atomic E-state index is -1.03. The lowest BCUT2D eigenvalue weighted by atomic mass is 10.0. The smallest absolute Gasteiger partial charge is 0.308 e. The minimum absolute atomic E-state index is 0.00350. The second-order valence-corrected chi connectivity index (χ2v) is 9.85. The van der Waals surface area contributed by atoms with Crippen LogP contribution in [0.5, 0.6) is 0 Å². The summed E-state index contributed by atoms with van der Waals surface area (Å²) in [5.74, 6) is -0.808. The summed E-state index contributed by atoms with van der Waals surface area (Å²) < 4.78 is 21.0. The third-order valence-corrected chi connectivity index (χ3v) is 5.41. The molecule has 1 aromatic heterocycles. The van der Waals surface area contributed by atoms with Crippen LogP contribution in [-0.2, 0) is 9.53 Å². The van der Waals surface area contributed by atoms with E-state index in [0.29, 0.717) is 0 Å². The fraction of sp³-hybridized carbons (Fsp3) is 0.393. The molecular weight excluding hydrogens is 433 g/mol. The number of para-hydroxylation sites is 1. The lowest BCUT2D eigenvalue weighted by molar-refractivity contribution is -0.157. The van der Waals surface area contributed by atoms with Gasteiger partial charge in [0.1, 0.15) is 11.4 Å². The third kappa shape index (κ3) is 6.33. The number of carbonyl (C=O) groups is 1. The molecule has 182 valence electrons. The van der Waals surface area contributed by atoms with E-state index >= 15 is 0 Å². The van der Waals surface area contributed by atoms with Crippen molar-refractivity contribution in [3.05, 3.63) is 66.1 Å². The van der Waals surface area contributed by atoms with Crippen molar-refractivity contribution in [1.82, 2.24) is 4.57 Å². The molecule has 3 rings (SSSR count). The zero-order valence-corrected chi connectivity index (χ0v) is 20.5. The molecule has 2 aromatic carbocycles. The molecule has 0 spiro atoms. The zero-order chi connectivity index (χ0) is 25.0. The summed E-state index contributed by atoms with van der Waals surface area (Å²) in [5.41, 5.74) is 3.11. The Labute approximate surface area is 200 Å². The van der Waals surface area contributed by atoms with Gasteiger partial charge in [-0.3, -0.25) is 4.79 Å². The van der Waals surface area contributed by atoms with Crippen LogP contribution in [0.4, 0.5) is 4.39 Å². The van der Waals surface area contributed by atoms with Crippen LogP contribution < -0.4 is 0 Å². The Morgan fingerprint density at radius 3 is 2.35 bits per heavy atom. The van der Waals surface area contributed by atoms with Gasteiger partial charge < -0.3 is 19.5 Å². The van der Waals surface area contributed by atoms with Gasteiger partial charge in [-0.1, -0.05) is 36.4 Å². The van der Waals surface area contributed by atoms with E-state index in [4.69, 9.17) is 4.74 Å². The van der Waals surface area contributed by atoms with Crippen molar-refractivity contribution < 1.29 is 24.1 Å². The van der Waals surface area contributed by atoms with Gasteiger partial charge in [0, 0.05) is 34.6 Å². The van der Waals surface area contributed by atoms with Gasteiger partial charge in [-0.05, 0) is 64.5 Å². The summed E-state index contributed by atoms with van der Waals surface area (Å²) in [4.78, 5) is 12.0. The highest BCUT2D eigenvalue weighted by atomic mass is 19.1. The summed E-state index contributed by atoms with van der Waals surface area (Å²) in [6.45, 7) is 9.46. The van der Waals surface area contributed by atoms with E-state index in [-0.39, 0.29) is 24.7 Å². The predicted molar refractivity (Wildman–Crippen MR) is 134 cm³/mol. The number of rotatable bonds is 8. The summed E-state index contributed by atoms with van der Waals surface area (Å²) >= 11 is 0. The number of carbonyl (C=O) groups excluding carboxylic acids is 1. The molecule has 0 aliphatic heterocycles. The van der Waals surface area contributed by atoms with Crippen LogP contribution in [0.25, 0.3) is 28.1 Å². The van der Waals surface area contributed by atoms with Crippen molar-refractivity contribution in [1.29, 1.82) is 0 Å². The maximum absolute atomic E-state index is 13.6. The van der Waals surface area contributed by atoms with Crippen LogP contribution in [0.15, 0.2) is 54.6 Å². The van der Waals surface area contributed by atoms with Crippen LogP contribution in [0.1, 0.15) is 59.2 Å². The van der Waals surface area contributed by atoms with Gasteiger partial charge in [0.2, 0.25) is 0 Å². The highest BCUT2D eigenvalue weighted by Gasteiger charge is 2.22. The Kier molecular flexibility index (Phi) is 7.95. The number of hydrogen-bond donors (Lipinski definition) is 2. The molecule has 2 N–H and O–H groups in total. The van der Waals surface area contributed by atoms with Gasteiger partial charge in [0.25, 0.3) is 0 Å². The summed E-state index contributed by atoms with van der Waals surface area (Å²) in [7, 11) is 0. The normalized spacial score (nSPS) is 14.1. The van der Waals surface area contributed by atoms with Gasteiger partial charge in [-0.2, -0.15) is 0 Å². The van der Waals surface area contributed by atoms with E-state index < -0.39 is 23.8 Å². The van der Waals surface area contributed by atoms with Crippen molar-refractivity contribution in [3.8, 4) is 11.1 Å². The van der Waals surface area contributed by atoms with Crippen LogP contribution in [0.2, 0.25) is 0 Å². The lowest BCUT2D eigenvalue weighted by Gasteiger charge is -2.21. The largest absolute Gasteiger partial charge is 0.460 e. The topological polar surface area (TPSA) is 71.7 Å². The summed E-state index contributed by atoms with van der Waals surface area (Å²) in [6, 6.07) is 14.5. The van der Waals surface area contributed by atoms with Crippen LogP contribution >= 0.6 is 0 Å². The molecule has 5 nitrogen and oxygen atoms in total. The molecule has 34 heavy (non-hydrogen) atoms. The molecule has 0 amide bonds. The molecule has 1 heterocycles. The fourth-order valence-corrected chi connectivity index (χ4v) is 4.14. The van der Waals surface area contributed by atoms with E-state index in [9.17, 15) is 19.4 Å². The Morgan fingerprint density at radius 2 is 1.74 bits per heavy atom. The van der Waals surface area contributed by atoms with E-state index in [1.807, 2.05) is 30.3 Å². The molecule has 0 saturated heterocycles. The summed E-state index contributed by atoms with van der Waals surface area (Å²) in [5, 5.41) is 21.9. The first kappa shape index (κ1) is 25.7. The van der Waals surface area contributed by atoms with Crippen LogP contribution in [-0.4, -0.2) is 38.6 Å². The van der Waals surface area contributed by atoms with Crippen molar-refractivity contribution in [2.75, 3.05) is 0 Å². The first-order valence-corrected chi connectivity index (χ1v) is 11.6. The average molecular weight is 468 g/mol. The molecule has 3 aromatic rings. The fourth-order valence-electron chi connectivity index (χ4n) is 4.14. The lowest BCUT2D eigenvalue weighted by Crippen LogP contribution is -2.27. The Morgan fingerprint density at radius 1 is 1.09 bits per heavy atom. The van der Waals surface area contributed by atoms with Gasteiger partial charge in [0.05, 0.1) is 18.6 Å². The molecule has 0 bridgehead atoms. The number of ether oxygens (including phenoxy) is 1. The standard InChI is InChI=1S/C28H34FNO4/c1-18(2)30-24-9-7-6-8-23(24)27(19-10-12-20(29)13-11-19)25(30)15-14-21(31)16-22(32)17-26(33)34-28(3,4)5/h6-15,18,21-22,31-32H,16-17H2,1-5H3/b15-14+/t21-,22-/m0/s1. The molecule has 0 unspecified atom stereocenters. The number of halogens is 1. The number of benzene rings is 2. The Hall–Kier alpha value is -2.96. The first-order chi connectivity index (χ1) is 16.0. The molecule has 0 fully saturated rings. The SMILES string of the molecule is CC(C)n1c(/C=C/[C@H](O)C[C@H](O)CC(=O)OC(C)(C)C)c(-c2ccc(F)cc2)c2ccccc21. The average Bonchev–Trinajstić information content (AvgIpc) is 3.05. The number of fused-ring (bicyclic) bond motifs is 1. The van der Waals surface area contributed by atoms with Crippen LogP contribution in [0.3, 0.4) is 0 Å². The summed E-state index contributed by atoms with van der Waals surface area (Å²) in [6.07, 6.45) is 1.29. The number of nitrogens with zero attached hydrogens (tertiary/aromatic N) is 1. The Bertz CT molecular complexity index is 1160. The van der Waals surface area contributed by atoms with Crippen molar-refractivity contribution >= 4 is 22.9 Å². The van der Waals surface area contributed by atoms with Crippen molar-refractivity contribution in [2.24, 2.45) is 0 Å². The second-order valence-electron chi connectivity index (χ2n) is 9.85. The van der Waals surface area contributed by atoms with E-state index in [1.165, 1.54) is 12.1 Å². The molecule has 0 aliphatic carbocycles. The number of aliphatic hydroxyl groups excluding tert-OH is 2. The minimum Gasteiger partial charge on any atom is -0.460 e.